The quantitative estimate of drug-likeness (QED) is 0.111. The molecule has 1 fully saturated rings. The van der Waals surface area contributed by atoms with Crippen molar-refractivity contribution in [2.75, 3.05) is 6.61 Å². The summed E-state index contributed by atoms with van der Waals surface area (Å²) in [5.74, 6) is -4.75. The highest BCUT2D eigenvalue weighted by Crippen LogP contribution is 2.50. The standard InChI is InChI=1S/C28H43BrN2O5/c1-3-4-5-6-7-8-9-10-11-12-13-17-20-36-26(34)28(29)23(21-18-15-14-16-19-21)22(24(30)32)25(33)31-27(28,2)35/h14-16,18-19,22-23,35H,3-13,17,20H2,1-2H3,(H2,30,32)(H,31,33)/t22-,23+,27+,28-/m1/s1. The number of piperidine rings is 1. The van der Waals surface area contributed by atoms with E-state index < -0.39 is 39.7 Å². The maximum atomic E-state index is 13.4. The Morgan fingerprint density at radius 3 is 1.97 bits per heavy atom. The van der Waals surface area contributed by atoms with Gasteiger partial charge < -0.3 is 20.9 Å². The minimum Gasteiger partial charge on any atom is -0.464 e. The summed E-state index contributed by atoms with van der Waals surface area (Å²) in [5.41, 5.74) is 4.08. The molecule has 0 saturated carbocycles. The number of aliphatic hydroxyl groups is 1. The van der Waals surface area contributed by atoms with E-state index in [1.165, 1.54) is 64.7 Å². The van der Waals surface area contributed by atoms with Crippen molar-refractivity contribution in [3.63, 3.8) is 0 Å². The van der Waals surface area contributed by atoms with Gasteiger partial charge in [0.1, 0.15) is 5.92 Å². The molecule has 0 aliphatic carbocycles. The molecule has 8 heteroatoms. The van der Waals surface area contributed by atoms with Gasteiger partial charge in [-0.15, -0.1) is 0 Å². The first-order valence-corrected chi connectivity index (χ1v) is 14.2. The molecule has 1 aliphatic rings. The van der Waals surface area contributed by atoms with Crippen molar-refractivity contribution in [1.29, 1.82) is 0 Å². The number of alkyl halides is 1. The summed E-state index contributed by atoms with van der Waals surface area (Å²) in [6.07, 6.45) is 14.3. The summed E-state index contributed by atoms with van der Waals surface area (Å²) in [4.78, 5) is 38.3. The highest BCUT2D eigenvalue weighted by molar-refractivity contribution is 9.10. The van der Waals surface area contributed by atoms with Crippen molar-refractivity contribution in [3.05, 3.63) is 35.9 Å². The predicted octanol–water partition coefficient (Wildman–Crippen LogP) is 5.09. The Kier molecular flexibility index (Phi) is 12.4. The first-order chi connectivity index (χ1) is 17.2. The van der Waals surface area contributed by atoms with Crippen LogP contribution in [0.5, 0.6) is 0 Å². The van der Waals surface area contributed by atoms with E-state index >= 15 is 0 Å². The van der Waals surface area contributed by atoms with Crippen LogP contribution in [0.25, 0.3) is 0 Å². The van der Waals surface area contributed by atoms with E-state index in [0.29, 0.717) is 12.0 Å². The number of esters is 1. The molecule has 1 aromatic carbocycles. The van der Waals surface area contributed by atoms with Crippen LogP contribution in [-0.2, 0) is 19.1 Å². The van der Waals surface area contributed by atoms with Crippen molar-refractivity contribution < 1.29 is 24.2 Å². The molecule has 0 radical (unpaired) electrons. The summed E-state index contributed by atoms with van der Waals surface area (Å²) >= 11 is 3.41. The molecule has 1 heterocycles. The molecule has 0 unspecified atom stereocenters. The van der Waals surface area contributed by atoms with Gasteiger partial charge in [0, 0.05) is 5.92 Å². The van der Waals surface area contributed by atoms with Crippen LogP contribution in [0.3, 0.4) is 0 Å². The third kappa shape index (κ3) is 7.78. The van der Waals surface area contributed by atoms with Crippen molar-refractivity contribution >= 4 is 33.7 Å². The summed E-state index contributed by atoms with van der Waals surface area (Å²) in [5, 5.41) is 13.5. The average molecular weight is 568 g/mol. The molecule has 2 amide bonds. The Hall–Kier alpha value is -1.93. The fraction of sp³-hybridized carbons (Fsp3) is 0.679. The van der Waals surface area contributed by atoms with Crippen molar-refractivity contribution in [3.8, 4) is 0 Å². The van der Waals surface area contributed by atoms with E-state index in [1.54, 1.807) is 30.3 Å². The second-order valence-corrected chi connectivity index (χ2v) is 11.3. The van der Waals surface area contributed by atoms with E-state index in [0.717, 1.165) is 12.8 Å². The second kappa shape index (κ2) is 14.7. The zero-order valence-electron chi connectivity index (χ0n) is 21.8. The molecule has 1 saturated heterocycles. The van der Waals surface area contributed by atoms with Crippen LogP contribution in [0.4, 0.5) is 0 Å². The van der Waals surface area contributed by atoms with E-state index in [-0.39, 0.29) is 6.61 Å². The molecule has 2 rings (SSSR count). The number of rotatable bonds is 16. The Morgan fingerprint density at radius 1 is 0.972 bits per heavy atom. The monoisotopic (exact) mass is 566 g/mol. The molecule has 0 aromatic heterocycles. The van der Waals surface area contributed by atoms with Crippen molar-refractivity contribution in [2.24, 2.45) is 11.7 Å². The van der Waals surface area contributed by atoms with Gasteiger partial charge in [-0.25, -0.2) is 0 Å². The average Bonchev–Trinajstić information content (AvgIpc) is 2.83. The van der Waals surface area contributed by atoms with Gasteiger partial charge in [0.05, 0.1) is 6.61 Å². The lowest BCUT2D eigenvalue weighted by atomic mass is 9.68. The summed E-state index contributed by atoms with van der Waals surface area (Å²) in [6.45, 7) is 3.74. The highest BCUT2D eigenvalue weighted by Gasteiger charge is 2.66. The molecule has 0 bridgehead atoms. The van der Waals surface area contributed by atoms with Crippen LogP contribution in [0.15, 0.2) is 30.3 Å². The Labute approximate surface area is 224 Å². The maximum absolute atomic E-state index is 13.4. The molecular weight excluding hydrogens is 524 g/mol. The maximum Gasteiger partial charge on any atom is 0.328 e. The van der Waals surface area contributed by atoms with Gasteiger partial charge in [-0.3, -0.25) is 14.4 Å². The van der Waals surface area contributed by atoms with Crippen molar-refractivity contribution in [2.45, 2.75) is 107 Å². The number of benzene rings is 1. The van der Waals surface area contributed by atoms with E-state index in [9.17, 15) is 19.5 Å². The Balaban J connectivity index is 1.89. The number of hydrogen-bond acceptors (Lipinski definition) is 5. The van der Waals surface area contributed by atoms with E-state index in [4.69, 9.17) is 10.5 Å². The normalized spacial score (nSPS) is 25.8. The van der Waals surface area contributed by atoms with Crippen LogP contribution >= 0.6 is 15.9 Å². The first kappa shape index (κ1) is 30.3. The van der Waals surface area contributed by atoms with Gasteiger partial charge in [0.2, 0.25) is 11.8 Å². The minimum atomic E-state index is -2.01. The fourth-order valence-corrected chi connectivity index (χ4v) is 5.75. The van der Waals surface area contributed by atoms with E-state index in [1.807, 2.05) is 0 Å². The largest absolute Gasteiger partial charge is 0.464 e. The molecule has 7 nitrogen and oxygen atoms in total. The molecule has 4 atom stereocenters. The summed E-state index contributed by atoms with van der Waals surface area (Å²) in [6, 6.07) is 8.65. The molecule has 202 valence electrons. The van der Waals surface area contributed by atoms with E-state index in [2.05, 4.69) is 28.2 Å². The smallest absolute Gasteiger partial charge is 0.328 e. The number of hydrogen-bond donors (Lipinski definition) is 3. The molecular formula is C28H43BrN2O5. The van der Waals surface area contributed by atoms with Gasteiger partial charge >= 0.3 is 5.97 Å². The molecule has 0 spiro atoms. The Bertz CT molecular complexity index is 848. The van der Waals surface area contributed by atoms with Crippen LogP contribution in [0, 0.1) is 5.92 Å². The predicted molar refractivity (Wildman–Crippen MR) is 144 cm³/mol. The van der Waals surface area contributed by atoms with Crippen LogP contribution in [-0.4, -0.2) is 39.5 Å². The summed E-state index contributed by atoms with van der Waals surface area (Å²) < 4.78 is 3.78. The summed E-state index contributed by atoms with van der Waals surface area (Å²) in [7, 11) is 0. The number of nitrogens with two attached hydrogens (primary N) is 1. The van der Waals surface area contributed by atoms with Crippen LogP contribution in [0.1, 0.15) is 102 Å². The zero-order valence-corrected chi connectivity index (χ0v) is 23.4. The third-order valence-corrected chi connectivity index (χ3v) is 8.70. The first-order valence-electron chi connectivity index (χ1n) is 13.4. The Morgan fingerprint density at radius 2 is 1.47 bits per heavy atom. The third-order valence-electron chi connectivity index (χ3n) is 7.11. The lowest BCUT2D eigenvalue weighted by molar-refractivity contribution is -0.167. The van der Waals surface area contributed by atoms with Gasteiger partial charge in [-0.05, 0) is 18.9 Å². The number of carbonyl (C=O) groups is 3. The minimum absolute atomic E-state index is 0.191. The van der Waals surface area contributed by atoms with Gasteiger partial charge in [-0.1, -0.05) is 124 Å². The van der Waals surface area contributed by atoms with Gasteiger partial charge in [0.25, 0.3) is 0 Å². The van der Waals surface area contributed by atoms with Crippen LogP contribution in [0.2, 0.25) is 0 Å². The second-order valence-electron chi connectivity index (χ2n) is 10.1. The van der Waals surface area contributed by atoms with Gasteiger partial charge in [-0.2, -0.15) is 0 Å². The highest BCUT2D eigenvalue weighted by atomic mass is 79.9. The topological polar surface area (TPSA) is 119 Å². The zero-order chi connectivity index (χ0) is 26.6. The molecule has 1 aliphatic heterocycles. The SMILES string of the molecule is CCCCCCCCCCCCCCOC(=O)[C@]1(Br)[C@@H](c2ccccc2)[C@H](C(N)=O)C(=O)N[C@@]1(C)O. The number of carbonyl (C=O) groups excluding carboxylic acids is 3. The number of amides is 2. The number of unbranched alkanes of at least 4 members (excludes halogenated alkanes) is 11. The molecule has 36 heavy (non-hydrogen) atoms. The van der Waals surface area contributed by atoms with Crippen molar-refractivity contribution in [1.82, 2.24) is 5.32 Å². The lowest BCUT2D eigenvalue weighted by Crippen LogP contribution is -2.73. The van der Waals surface area contributed by atoms with Gasteiger partial charge in [0.15, 0.2) is 10.0 Å². The fourth-order valence-electron chi connectivity index (χ4n) is 5.01. The number of halogens is 1. The number of primary amides is 1. The molecule has 1 aromatic rings. The lowest BCUT2D eigenvalue weighted by Gasteiger charge is -2.50. The number of nitrogens with one attached hydrogen (secondary N) is 1. The molecule has 4 N–H and O–H groups in total. The van der Waals surface area contributed by atoms with Crippen LogP contribution < -0.4 is 11.1 Å². The number of ether oxygens (including phenoxy) is 1.